The summed E-state index contributed by atoms with van der Waals surface area (Å²) in [4.78, 5) is 36.0. The van der Waals surface area contributed by atoms with Crippen LogP contribution in [-0.4, -0.2) is 54.1 Å². The molecule has 3 N–H and O–H groups in total. The SMILES string of the molecule is CCCNC(=O)CNC(=O)N1CCCC(C)(C(=O)O)C1. The molecule has 0 radical (unpaired) electrons. The minimum Gasteiger partial charge on any atom is -0.481 e. The molecule has 0 bridgehead atoms. The van der Waals surface area contributed by atoms with Gasteiger partial charge in [0.2, 0.25) is 5.91 Å². The number of urea groups is 1. The van der Waals surface area contributed by atoms with Crippen LogP contribution in [0.1, 0.15) is 33.1 Å². The molecule has 114 valence electrons. The third kappa shape index (κ3) is 4.40. The van der Waals surface area contributed by atoms with E-state index in [9.17, 15) is 19.5 Å². The first-order chi connectivity index (χ1) is 9.39. The van der Waals surface area contributed by atoms with Crippen LogP contribution in [0.3, 0.4) is 0 Å². The van der Waals surface area contributed by atoms with E-state index in [-0.39, 0.29) is 25.0 Å². The van der Waals surface area contributed by atoms with Crippen molar-refractivity contribution in [1.82, 2.24) is 15.5 Å². The number of likely N-dealkylation sites (tertiary alicyclic amines) is 1. The van der Waals surface area contributed by atoms with Gasteiger partial charge in [-0.3, -0.25) is 9.59 Å². The highest BCUT2D eigenvalue weighted by Crippen LogP contribution is 2.29. The molecule has 7 nitrogen and oxygen atoms in total. The smallest absolute Gasteiger partial charge is 0.317 e. The van der Waals surface area contributed by atoms with E-state index in [1.54, 1.807) is 6.92 Å². The maximum atomic E-state index is 11.9. The fourth-order valence-electron chi connectivity index (χ4n) is 2.18. The molecule has 20 heavy (non-hydrogen) atoms. The van der Waals surface area contributed by atoms with E-state index in [4.69, 9.17) is 0 Å². The van der Waals surface area contributed by atoms with Crippen molar-refractivity contribution in [3.05, 3.63) is 0 Å². The van der Waals surface area contributed by atoms with Crippen molar-refractivity contribution < 1.29 is 19.5 Å². The van der Waals surface area contributed by atoms with Crippen molar-refractivity contribution in [2.24, 2.45) is 5.41 Å². The Labute approximate surface area is 118 Å². The van der Waals surface area contributed by atoms with Gasteiger partial charge in [-0.15, -0.1) is 0 Å². The number of carboxylic acid groups (broad SMARTS) is 1. The van der Waals surface area contributed by atoms with Crippen molar-refractivity contribution in [2.75, 3.05) is 26.2 Å². The molecular formula is C13H23N3O4. The van der Waals surface area contributed by atoms with Gasteiger partial charge in [0.05, 0.1) is 12.0 Å². The molecule has 0 spiro atoms. The van der Waals surface area contributed by atoms with Crippen LogP contribution in [0.5, 0.6) is 0 Å². The molecule has 1 fully saturated rings. The summed E-state index contributed by atoms with van der Waals surface area (Å²) < 4.78 is 0. The molecule has 1 saturated heterocycles. The van der Waals surface area contributed by atoms with Gasteiger partial charge >= 0.3 is 12.0 Å². The van der Waals surface area contributed by atoms with Gasteiger partial charge in [0.15, 0.2) is 0 Å². The minimum atomic E-state index is -0.903. The number of hydrogen-bond donors (Lipinski definition) is 3. The Kier molecular flexibility index (Phi) is 5.79. The zero-order valence-electron chi connectivity index (χ0n) is 12.1. The molecule has 1 rings (SSSR count). The van der Waals surface area contributed by atoms with Crippen LogP contribution in [0.2, 0.25) is 0 Å². The summed E-state index contributed by atoms with van der Waals surface area (Å²) in [5.74, 6) is -1.13. The van der Waals surface area contributed by atoms with Crippen LogP contribution in [-0.2, 0) is 9.59 Å². The Morgan fingerprint density at radius 2 is 2.00 bits per heavy atom. The highest BCUT2D eigenvalue weighted by Gasteiger charge is 2.39. The van der Waals surface area contributed by atoms with Crippen LogP contribution >= 0.6 is 0 Å². The van der Waals surface area contributed by atoms with Crippen LogP contribution in [0.15, 0.2) is 0 Å². The number of nitrogens with one attached hydrogen (secondary N) is 2. The van der Waals surface area contributed by atoms with Gasteiger partial charge in [-0.1, -0.05) is 6.92 Å². The highest BCUT2D eigenvalue weighted by molar-refractivity contribution is 5.84. The Balaban J connectivity index is 2.43. The number of hydrogen-bond acceptors (Lipinski definition) is 3. The lowest BCUT2D eigenvalue weighted by Crippen LogP contribution is -2.52. The summed E-state index contributed by atoms with van der Waals surface area (Å²) in [6, 6.07) is -0.385. The Bertz CT molecular complexity index is 386. The second-order valence-corrected chi connectivity index (χ2v) is 5.40. The average molecular weight is 285 g/mol. The van der Waals surface area contributed by atoms with Gasteiger partial charge < -0.3 is 20.6 Å². The summed E-state index contributed by atoms with van der Waals surface area (Å²) in [6.07, 6.45) is 2.05. The van der Waals surface area contributed by atoms with Gasteiger partial charge in [-0.25, -0.2) is 4.79 Å². The van der Waals surface area contributed by atoms with Crippen molar-refractivity contribution in [3.63, 3.8) is 0 Å². The zero-order chi connectivity index (χ0) is 15.2. The van der Waals surface area contributed by atoms with E-state index in [0.29, 0.717) is 25.9 Å². The number of aliphatic carboxylic acids is 1. The number of carbonyl (C=O) groups excluding carboxylic acids is 2. The average Bonchev–Trinajstić information content (AvgIpc) is 2.42. The van der Waals surface area contributed by atoms with Crippen LogP contribution in [0.4, 0.5) is 4.79 Å². The summed E-state index contributed by atoms with van der Waals surface area (Å²) in [5.41, 5.74) is -0.903. The molecule has 1 unspecified atom stereocenters. The maximum absolute atomic E-state index is 11.9. The fourth-order valence-corrected chi connectivity index (χ4v) is 2.18. The summed E-state index contributed by atoms with van der Waals surface area (Å²) in [7, 11) is 0. The minimum absolute atomic E-state index is 0.0842. The number of rotatable bonds is 5. The Hall–Kier alpha value is -1.79. The molecule has 0 aromatic rings. The van der Waals surface area contributed by atoms with E-state index >= 15 is 0 Å². The van der Waals surface area contributed by atoms with Gasteiger partial charge in [0.25, 0.3) is 0 Å². The van der Waals surface area contributed by atoms with Crippen LogP contribution in [0, 0.1) is 5.41 Å². The lowest BCUT2D eigenvalue weighted by molar-refractivity contribution is -0.150. The molecule has 0 aromatic carbocycles. The lowest BCUT2D eigenvalue weighted by Gasteiger charge is -2.37. The molecule has 7 heteroatoms. The van der Waals surface area contributed by atoms with Gasteiger partial charge in [0, 0.05) is 19.6 Å². The summed E-state index contributed by atoms with van der Waals surface area (Å²) in [5, 5.41) is 14.4. The molecular weight excluding hydrogens is 262 g/mol. The lowest BCUT2D eigenvalue weighted by atomic mass is 9.82. The third-order valence-electron chi connectivity index (χ3n) is 3.47. The fraction of sp³-hybridized carbons (Fsp3) is 0.769. The van der Waals surface area contributed by atoms with E-state index in [2.05, 4.69) is 10.6 Å². The number of piperidine rings is 1. The molecule has 0 saturated carbocycles. The summed E-state index contributed by atoms with van der Waals surface area (Å²) >= 11 is 0. The van der Waals surface area contributed by atoms with Crippen molar-refractivity contribution in [2.45, 2.75) is 33.1 Å². The Morgan fingerprint density at radius 1 is 1.30 bits per heavy atom. The maximum Gasteiger partial charge on any atom is 0.317 e. The number of carboxylic acids is 1. The van der Waals surface area contributed by atoms with Crippen molar-refractivity contribution in [1.29, 1.82) is 0 Å². The van der Waals surface area contributed by atoms with E-state index < -0.39 is 11.4 Å². The first-order valence-electron chi connectivity index (χ1n) is 6.92. The molecule has 0 aromatic heterocycles. The largest absolute Gasteiger partial charge is 0.481 e. The van der Waals surface area contributed by atoms with E-state index in [1.807, 2.05) is 6.92 Å². The second-order valence-electron chi connectivity index (χ2n) is 5.40. The molecule has 1 aliphatic heterocycles. The standard InChI is InChI=1S/C13H23N3O4/c1-3-6-14-10(17)8-15-12(20)16-7-4-5-13(2,9-16)11(18)19/h3-9H2,1-2H3,(H,14,17)(H,15,20)(H,18,19). The quantitative estimate of drug-likeness (QED) is 0.681. The summed E-state index contributed by atoms with van der Waals surface area (Å²) in [6.45, 7) is 4.77. The van der Waals surface area contributed by atoms with Gasteiger partial charge in [0.1, 0.15) is 0 Å². The third-order valence-corrected chi connectivity index (χ3v) is 3.47. The Morgan fingerprint density at radius 3 is 2.60 bits per heavy atom. The van der Waals surface area contributed by atoms with Gasteiger partial charge in [-0.2, -0.15) is 0 Å². The van der Waals surface area contributed by atoms with Crippen LogP contribution < -0.4 is 10.6 Å². The van der Waals surface area contributed by atoms with Crippen molar-refractivity contribution in [3.8, 4) is 0 Å². The van der Waals surface area contributed by atoms with Gasteiger partial charge in [-0.05, 0) is 26.2 Å². The number of nitrogens with zero attached hydrogens (tertiary/aromatic N) is 1. The zero-order valence-corrected chi connectivity index (χ0v) is 12.1. The predicted molar refractivity (Wildman–Crippen MR) is 73.2 cm³/mol. The second kappa shape index (κ2) is 7.12. The number of amides is 3. The molecule has 1 aliphatic rings. The topological polar surface area (TPSA) is 98.7 Å². The monoisotopic (exact) mass is 285 g/mol. The van der Waals surface area contributed by atoms with E-state index in [0.717, 1.165) is 6.42 Å². The molecule has 1 heterocycles. The van der Waals surface area contributed by atoms with E-state index in [1.165, 1.54) is 4.90 Å². The first kappa shape index (κ1) is 16.3. The molecule has 0 aliphatic carbocycles. The highest BCUT2D eigenvalue weighted by atomic mass is 16.4. The van der Waals surface area contributed by atoms with Crippen LogP contribution in [0.25, 0.3) is 0 Å². The molecule has 3 amide bonds. The number of carbonyl (C=O) groups is 3. The van der Waals surface area contributed by atoms with Crippen molar-refractivity contribution >= 4 is 17.9 Å². The first-order valence-corrected chi connectivity index (χ1v) is 6.92. The normalized spacial score (nSPS) is 22.2. The molecule has 1 atom stereocenters. The predicted octanol–water partition coefficient (Wildman–Crippen LogP) is 0.409.